The van der Waals surface area contributed by atoms with Gasteiger partial charge in [0.1, 0.15) is 0 Å². The number of carbonyl (C=O) groups excluding carboxylic acids is 1. The number of hydrogen-bond acceptors (Lipinski definition) is 2. The molecular formula is C16H13BrN2O. The molecule has 0 atom stereocenters. The molecule has 0 fully saturated rings. The minimum absolute atomic E-state index is 0.240. The van der Waals surface area contributed by atoms with Crippen LogP contribution < -0.4 is 5.43 Å². The number of amides is 1. The van der Waals surface area contributed by atoms with Gasteiger partial charge in [0.05, 0.1) is 0 Å². The maximum absolute atomic E-state index is 11.8. The van der Waals surface area contributed by atoms with Crippen molar-refractivity contribution in [1.82, 2.24) is 5.43 Å². The zero-order chi connectivity index (χ0) is 14.2. The summed E-state index contributed by atoms with van der Waals surface area (Å²) in [6.45, 7) is 0. The highest BCUT2D eigenvalue weighted by Gasteiger charge is 2.03. The third-order valence-electron chi connectivity index (χ3n) is 2.50. The van der Waals surface area contributed by atoms with Gasteiger partial charge in [0.2, 0.25) is 0 Å². The SMILES string of the molecule is O=C(NN=CC=Cc1ccccc1)c1cccc(Br)c1. The number of rotatable bonds is 4. The van der Waals surface area contributed by atoms with Crippen molar-refractivity contribution >= 4 is 34.1 Å². The summed E-state index contributed by atoms with van der Waals surface area (Å²) in [6, 6.07) is 17.0. The van der Waals surface area contributed by atoms with Crippen LogP contribution in [0.4, 0.5) is 0 Å². The molecule has 0 bridgehead atoms. The molecule has 0 aliphatic carbocycles. The summed E-state index contributed by atoms with van der Waals surface area (Å²) >= 11 is 3.32. The van der Waals surface area contributed by atoms with Crippen molar-refractivity contribution in [2.75, 3.05) is 0 Å². The van der Waals surface area contributed by atoms with E-state index in [2.05, 4.69) is 26.5 Å². The van der Waals surface area contributed by atoms with E-state index in [1.54, 1.807) is 30.5 Å². The average Bonchev–Trinajstić information content (AvgIpc) is 2.48. The Kier molecular flexibility index (Phi) is 5.26. The predicted octanol–water partition coefficient (Wildman–Crippen LogP) is 3.88. The van der Waals surface area contributed by atoms with Crippen molar-refractivity contribution in [3.05, 3.63) is 76.3 Å². The van der Waals surface area contributed by atoms with Crippen LogP contribution in [0.25, 0.3) is 6.08 Å². The third-order valence-corrected chi connectivity index (χ3v) is 3.00. The van der Waals surface area contributed by atoms with Crippen LogP contribution in [0.15, 0.2) is 70.2 Å². The van der Waals surface area contributed by atoms with E-state index in [1.165, 1.54) is 0 Å². The Balaban J connectivity index is 1.87. The van der Waals surface area contributed by atoms with E-state index in [4.69, 9.17) is 0 Å². The highest BCUT2D eigenvalue weighted by atomic mass is 79.9. The van der Waals surface area contributed by atoms with Gasteiger partial charge in [0, 0.05) is 16.3 Å². The van der Waals surface area contributed by atoms with Gasteiger partial charge < -0.3 is 0 Å². The zero-order valence-electron chi connectivity index (χ0n) is 10.7. The maximum Gasteiger partial charge on any atom is 0.271 e. The molecule has 2 rings (SSSR count). The van der Waals surface area contributed by atoms with Crippen molar-refractivity contribution in [1.29, 1.82) is 0 Å². The van der Waals surface area contributed by atoms with Crippen LogP contribution in [-0.2, 0) is 0 Å². The van der Waals surface area contributed by atoms with E-state index in [0.717, 1.165) is 10.0 Å². The summed E-state index contributed by atoms with van der Waals surface area (Å²) in [6.07, 6.45) is 5.23. The molecule has 0 aliphatic rings. The molecule has 0 spiro atoms. The Bertz CT molecular complexity index is 636. The lowest BCUT2D eigenvalue weighted by atomic mass is 10.2. The maximum atomic E-state index is 11.8. The fourth-order valence-corrected chi connectivity index (χ4v) is 1.95. The average molecular weight is 329 g/mol. The smallest absolute Gasteiger partial charge is 0.267 e. The summed E-state index contributed by atoms with van der Waals surface area (Å²) in [5, 5.41) is 3.87. The summed E-state index contributed by atoms with van der Waals surface area (Å²) < 4.78 is 0.859. The van der Waals surface area contributed by atoms with Gasteiger partial charge in [0.15, 0.2) is 0 Å². The lowest BCUT2D eigenvalue weighted by Gasteiger charge is -1.99. The van der Waals surface area contributed by atoms with Gasteiger partial charge in [-0.2, -0.15) is 5.10 Å². The summed E-state index contributed by atoms with van der Waals surface area (Å²) in [7, 11) is 0. The Morgan fingerprint density at radius 1 is 1.10 bits per heavy atom. The van der Waals surface area contributed by atoms with E-state index in [9.17, 15) is 4.79 Å². The Labute approximate surface area is 126 Å². The number of hydrazone groups is 1. The molecule has 0 saturated carbocycles. The van der Waals surface area contributed by atoms with Crippen LogP contribution in [0.2, 0.25) is 0 Å². The molecule has 1 N–H and O–H groups in total. The number of carbonyl (C=O) groups is 1. The Hall–Kier alpha value is -2.20. The Morgan fingerprint density at radius 3 is 2.65 bits per heavy atom. The first-order valence-electron chi connectivity index (χ1n) is 6.06. The number of benzene rings is 2. The molecular weight excluding hydrogens is 316 g/mol. The van der Waals surface area contributed by atoms with Gasteiger partial charge in [-0.15, -0.1) is 0 Å². The van der Waals surface area contributed by atoms with E-state index >= 15 is 0 Å². The normalized spacial score (nSPS) is 11.1. The highest BCUT2D eigenvalue weighted by molar-refractivity contribution is 9.10. The number of halogens is 1. The van der Waals surface area contributed by atoms with E-state index in [-0.39, 0.29) is 5.91 Å². The molecule has 0 heterocycles. The van der Waals surface area contributed by atoms with Crippen molar-refractivity contribution in [2.45, 2.75) is 0 Å². The quantitative estimate of drug-likeness (QED) is 0.671. The predicted molar refractivity (Wildman–Crippen MR) is 85.6 cm³/mol. The van der Waals surface area contributed by atoms with Crippen molar-refractivity contribution in [3.8, 4) is 0 Å². The van der Waals surface area contributed by atoms with Gasteiger partial charge in [-0.25, -0.2) is 5.43 Å². The number of hydrogen-bond donors (Lipinski definition) is 1. The van der Waals surface area contributed by atoms with Gasteiger partial charge in [-0.05, 0) is 29.8 Å². The van der Waals surface area contributed by atoms with Crippen molar-refractivity contribution in [3.63, 3.8) is 0 Å². The van der Waals surface area contributed by atoms with Crippen LogP contribution >= 0.6 is 15.9 Å². The lowest BCUT2D eigenvalue weighted by molar-refractivity contribution is 0.0955. The molecule has 0 aliphatic heterocycles. The monoisotopic (exact) mass is 328 g/mol. The van der Waals surface area contributed by atoms with E-state index in [0.29, 0.717) is 5.56 Å². The van der Waals surface area contributed by atoms with E-state index in [1.807, 2.05) is 42.5 Å². The first-order valence-corrected chi connectivity index (χ1v) is 6.86. The third kappa shape index (κ3) is 4.48. The zero-order valence-corrected chi connectivity index (χ0v) is 12.2. The fraction of sp³-hybridized carbons (Fsp3) is 0. The molecule has 100 valence electrons. The minimum atomic E-state index is -0.240. The molecule has 2 aromatic carbocycles. The van der Waals surface area contributed by atoms with Crippen molar-refractivity contribution in [2.24, 2.45) is 5.10 Å². The second-order valence-electron chi connectivity index (χ2n) is 4.00. The molecule has 3 nitrogen and oxygen atoms in total. The Morgan fingerprint density at radius 2 is 1.90 bits per heavy atom. The fourth-order valence-electron chi connectivity index (χ4n) is 1.55. The number of nitrogens with zero attached hydrogens (tertiary/aromatic N) is 1. The second kappa shape index (κ2) is 7.40. The first kappa shape index (κ1) is 14.2. The van der Waals surface area contributed by atoms with Crippen molar-refractivity contribution < 1.29 is 4.79 Å². The van der Waals surface area contributed by atoms with Gasteiger partial charge >= 0.3 is 0 Å². The summed E-state index contributed by atoms with van der Waals surface area (Å²) in [4.78, 5) is 11.8. The topological polar surface area (TPSA) is 41.5 Å². The number of nitrogens with one attached hydrogen (secondary N) is 1. The van der Waals surface area contributed by atoms with Crippen LogP contribution in [0.3, 0.4) is 0 Å². The van der Waals surface area contributed by atoms with Crippen LogP contribution in [0.1, 0.15) is 15.9 Å². The van der Waals surface area contributed by atoms with Gasteiger partial charge in [-0.1, -0.05) is 58.4 Å². The van der Waals surface area contributed by atoms with Crippen LogP contribution in [0.5, 0.6) is 0 Å². The van der Waals surface area contributed by atoms with Crippen LogP contribution in [-0.4, -0.2) is 12.1 Å². The standard InChI is InChI=1S/C16H13BrN2O/c17-15-10-4-9-14(12-15)16(20)19-18-11-5-8-13-6-2-1-3-7-13/h1-12H,(H,19,20). The summed E-state index contributed by atoms with van der Waals surface area (Å²) in [5.74, 6) is -0.240. The molecule has 1 amide bonds. The summed E-state index contributed by atoms with van der Waals surface area (Å²) in [5.41, 5.74) is 4.11. The lowest BCUT2D eigenvalue weighted by Crippen LogP contribution is -2.17. The molecule has 20 heavy (non-hydrogen) atoms. The second-order valence-corrected chi connectivity index (χ2v) is 4.91. The van der Waals surface area contributed by atoms with E-state index < -0.39 is 0 Å². The molecule has 0 radical (unpaired) electrons. The molecule has 0 unspecified atom stereocenters. The first-order chi connectivity index (χ1) is 9.75. The molecule has 0 aromatic heterocycles. The molecule has 4 heteroatoms. The number of allylic oxidation sites excluding steroid dienone is 1. The minimum Gasteiger partial charge on any atom is -0.267 e. The van der Waals surface area contributed by atoms with Crippen LogP contribution in [0, 0.1) is 0 Å². The molecule has 2 aromatic rings. The largest absolute Gasteiger partial charge is 0.271 e. The molecule has 0 saturated heterocycles. The van der Waals surface area contributed by atoms with Gasteiger partial charge in [0.25, 0.3) is 5.91 Å². The highest BCUT2D eigenvalue weighted by Crippen LogP contribution is 2.11. The van der Waals surface area contributed by atoms with Gasteiger partial charge in [-0.3, -0.25) is 4.79 Å².